The van der Waals surface area contributed by atoms with Gasteiger partial charge in [-0.1, -0.05) is 18.5 Å². The van der Waals surface area contributed by atoms with E-state index < -0.39 is 5.41 Å². The number of benzene rings is 1. The van der Waals surface area contributed by atoms with Crippen LogP contribution in [0.4, 0.5) is 5.69 Å². The molecule has 0 bridgehead atoms. The number of nitrogens with zero attached hydrogens (tertiary/aromatic N) is 3. The second kappa shape index (κ2) is 8.74. The first kappa shape index (κ1) is 20.8. The van der Waals surface area contributed by atoms with Gasteiger partial charge in [-0.25, -0.2) is 0 Å². The summed E-state index contributed by atoms with van der Waals surface area (Å²) in [5, 5.41) is 3.69. The fraction of sp³-hybridized carbons (Fsp3) is 0.435. The molecule has 3 heterocycles. The molecule has 0 spiro atoms. The van der Waals surface area contributed by atoms with Gasteiger partial charge < -0.3 is 10.2 Å². The normalized spacial score (nSPS) is 24.2. The van der Waals surface area contributed by atoms with Crippen LogP contribution in [0.3, 0.4) is 0 Å². The van der Waals surface area contributed by atoms with E-state index in [2.05, 4.69) is 22.1 Å². The Kier molecular flexibility index (Phi) is 6.06. The summed E-state index contributed by atoms with van der Waals surface area (Å²) in [5.74, 6) is 0.0368. The van der Waals surface area contributed by atoms with E-state index in [1.54, 1.807) is 36.7 Å². The van der Waals surface area contributed by atoms with Gasteiger partial charge in [-0.2, -0.15) is 0 Å². The Hall–Kier alpha value is -2.44. The van der Waals surface area contributed by atoms with Gasteiger partial charge in [0.05, 0.1) is 17.3 Å². The topological polar surface area (TPSA) is 65.5 Å². The predicted octanol–water partition coefficient (Wildman–Crippen LogP) is 3.69. The van der Waals surface area contributed by atoms with Gasteiger partial charge in [-0.3, -0.25) is 19.5 Å². The number of halogens is 1. The minimum Gasteiger partial charge on any atom is -0.339 e. The van der Waals surface area contributed by atoms with Crippen LogP contribution in [0.15, 0.2) is 48.8 Å². The van der Waals surface area contributed by atoms with E-state index in [0.29, 0.717) is 35.8 Å². The average Bonchev–Trinajstić information content (AvgIpc) is 3.02. The number of amides is 2. The lowest BCUT2D eigenvalue weighted by Gasteiger charge is -2.35. The maximum atomic E-state index is 13.5. The number of rotatable bonds is 4. The number of carbonyl (C=O) groups excluding carboxylic acids is 2. The summed E-state index contributed by atoms with van der Waals surface area (Å²) < 4.78 is 0. The average molecular weight is 427 g/mol. The van der Waals surface area contributed by atoms with Crippen LogP contribution in [0.5, 0.6) is 0 Å². The summed E-state index contributed by atoms with van der Waals surface area (Å²) in [4.78, 5) is 34.9. The van der Waals surface area contributed by atoms with Crippen molar-refractivity contribution in [1.82, 2.24) is 14.8 Å². The maximum Gasteiger partial charge on any atom is 0.253 e. The van der Waals surface area contributed by atoms with Crippen molar-refractivity contribution < 1.29 is 9.59 Å². The van der Waals surface area contributed by atoms with Gasteiger partial charge >= 0.3 is 0 Å². The molecule has 4 rings (SSSR count). The third-order valence-corrected chi connectivity index (χ3v) is 6.83. The van der Waals surface area contributed by atoms with E-state index in [1.165, 1.54) is 0 Å². The van der Waals surface area contributed by atoms with Crippen LogP contribution in [0.25, 0.3) is 0 Å². The molecule has 2 aliphatic rings. The molecule has 0 radical (unpaired) electrons. The van der Waals surface area contributed by atoms with E-state index >= 15 is 0 Å². The van der Waals surface area contributed by atoms with Crippen LogP contribution in [0.1, 0.15) is 36.5 Å². The minimum atomic E-state index is -0.499. The van der Waals surface area contributed by atoms with Crippen LogP contribution in [-0.4, -0.2) is 58.8 Å². The molecule has 2 saturated heterocycles. The van der Waals surface area contributed by atoms with E-state index in [-0.39, 0.29) is 17.9 Å². The first-order chi connectivity index (χ1) is 14.5. The summed E-state index contributed by atoms with van der Waals surface area (Å²) in [6, 6.07) is 10.8. The summed E-state index contributed by atoms with van der Waals surface area (Å²) in [6.07, 6.45) is 5.61. The number of carbonyl (C=O) groups is 2. The van der Waals surface area contributed by atoms with Crippen LogP contribution >= 0.6 is 11.6 Å². The Morgan fingerprint density at radius 2 is 1.93 bits per heavy atom. The summed E-state index contributed by atoms with van der Waals surface area (Å²) in [7, 11) is 0. The van der Waals surface area contributed by atoms with E-state index in [9.17, 15) is 9.59 Å². The highest BCUT2D eigenvalue weighted by atomic mass is 35.5. The molecular weight excluding hydrogens is 400 g/mol. The summed E-state index contributed by atoms with van der Waals surface area (Å²) >= 11 is 5.97. The highest BCUT2D eigenvalue weighted by Crippen LogP contribution is 2.44. The molecule has 7 heteroatoms. The fourth-order valence-corrected chi connectivity index (χ4v) is 5.04. The second-order valence-electron chi connectivity index (χ2n) is 8.08. The molecule has 1 aromatic carbocycles. The smallest absolute Gasteiger partial charge is 0.253 e. The SMILES string of the molecule is CCN1CC[C@]2(C(=O)Nc3cccnc3)CCN(C(=O)c3ccc(Cl)cc3)CC[C@H]12. The second-order valence-corrected chi connectivity index (χ2v) is 8.52. The molecule has 2 fully saturated rings. The van der Waals surface area contributed by atoms with Crippen molar-refractivity contribution in [3.8, 4) is 0 Å². The summed E-state index contributed by atoms with van der Waals surface area (Å²) in [5.41, 5.74) is 0.845. The molecule has 158 valence electrons. The predicted molar refractivity (Wildman–Crippen MR) is 118 cm³/mol. The van der Waals surface area contributed by atoms with Crippen molar-refractivity contribution in [1.29, 1.82) is 0 Å². The van der Waals surface area contributed by atoms with Gasteiger partial charge in [-0.05, 0) is 68.8 Å². The molecule has 2 aromatic rings. The molecule has 2 amide bonds. The Morgan fingerprint density at radius 1 is 1.17 bits per heavy atom. The van der Waals surface area contributed by atoms with Crippen LogP contribution in [0.2, 0.25) is 5.02 Å². The van der Waals surface area contributed by atoms with Gasteiger partial charge in [0.25, 0.3) is 5.91 Å². The zero-order valence-corrected chi connectivity index (χ0v) is 17.9. The van der Waals surface area contributed by atoms with Crippen LogP contribution < -0.4 is 5.32 Å². The summed E-state index contributed by atoms with van der Waals surface area (Å²) in [6.45, 7) is 5.15. The fourth-order valence-electron chi connectivity index (χ4n) is 4.92. The lowest BCUT2D eigenvalue weighted by Crippen LogP contribution is -2.47. The molecular formula is C23H27ClN4O2. The molecule has 0 unspecified atom stereocenters. The van der Waals surface area contributed by atoms with Gasteiger partial charge in [0.2, 0.25) is 5.91 Å². The molecule has 2 atom stereocenters. The molecule has 0 aliphatic carbocycles. The first-order valence-corrected chi connectivity index (χ1v) is 10.9. The van der Waals surface area contributed by atoms with Crippen LogP contribution in [-0.2, 0) is 4.79 Å². The molecule has 0 saturated carbocycles. The lowest BCUT2D eigenvalue weighted by atomic mass is 9.75. The number of hydrogen-bond donors (Lipinski definition) is 1. The third kappa shape index (κ3) is 3.94. The Morgan fingerprint density at radius 3 is 2.63 bits per heavy atom. The van der Waals surface area contributed by atoms with E-state index in [0.717, 1.165) is 25.9 Å². The minimum absolute atomic E-state index is 0.00231. The molecule has 1 aromatic heterocycles. The Bertz CT molecular complexity index is 905. The number of aromatic nitrogens is 1. The zero-order chi connectivity index (χ0) is 21.1. The van der Waals surface area contributed by atoms with Crippen molar-refractivity contribution in [2.24, 2.45) is 5.41 Å². The molecule has 30 heavy (non-hydrogen) atoms. The van der Waals surface area contributed by atoms with Crippen molar-refractivity contribution >= 4 is 29.1 Å². The Labute approximate surface area is 182 Å². The first-order valence-electron chi connectivity index (χ1n) is 10.5. The van der Waals surface area contributed by atoms with Gasteiger partial charge in [0.15, 0.2) is 0 Å². The third-order valence-electron chi connectivity index (χ3n) is 6.58. The number of hydrogen-bond acceptors (Lipinski definition) is 4. The largest absolute Gasteiger partial charge is 0.339 e. The number of likely N-dealkylation sites (tertiary alicyclic amines) is 2. The van der Waals surface area contributed by atoms with Crippen molar-refractivity contribution in [3.05, 3.63) is 59.4 Å². The number of anilines is 1. The van der Waals surface area contributed by atoms with Gasteiger partial charge in [0, 0.05) is 35.9 Å². The lowest BCUT2D eigenvalue weighted by molar-refractivity contribution is -0.127. The van der Waals surface area contributed by atoms with Gasteiger partial charge in [-0.15, -0.1) is 0 Å². The number of pyridine rings is 1. The van der Waals surface area contributed by atoms with Crippen molar-refractivity contribution in [3.63, 3.8) is 0 Å². The maximum absolute atomic E-state index is 13.5. The van der Waals surface area contributed by atoms with E-state index in [1.807, 2.05) is 17.0 Å². The van der Waals surface area contributed by atoms with Crippen molar-refractivity contribution in [2.75, 3.05) is 31.5 Å². The zero-order valence-electron chi connectivity index (χ0n) is 17.2. The van der Waals surface area contributed by atoms with Crippen LogP contribution in [0, 0.1) is 5.41 Å². The van der Waals surface area contributed by atoms with Crippen molar-refractivity contribution in [2.45, 2.75) is 32.2 Å². The van der Waals surface area contributed by atoms with Gasteiger partial charge in [0.1, 0.15) is 0 Å². The quantitative estimate of drug-likeness (QED) is 0.809. The number of nitrogens with one attached hydrogen (secondary N) is 1. The standard InChI is InChI=1S/C23H27ClN4O2/c1-2-27-14-10-23(22(30)26-19-4-3-12-25-16-19)11-15-28(13-9-20(23)27)21(29)17-5-7-18(24)8-6-17/h3-8,12,16,20H,2,9-11,13-15H2,1H3,(H,26,30)/t20-,23-/m0/s1. The highest BCUT2D eigenvalue weighted by Gasteiger charge is 2.53. The number of fused-ring (bicyclic) bond motifs is 1. The molecule has 1 N–H and O–H groups in total. The molecule has 2 aliphatic heterocycles. The monoisotopic (exact) mass is 426 g/mol. The highest BCUT2D eigenvalue weighted by molar-refractivity contribution is 6.30. The molecule has 6 nitrogen and oxygen atoms in total. The van der Waals surface area contributed by atoms with E-state index in [4.69, 9.17) is 11.6 Å². The Balaban J connectivity index is 1.56.